The van der Waals surface area contributed by atoms with E-state index in [0.29, 0.717) is 6.04 Å². The maximum absolute atomic E-state index is 12.7. The fraction of sp³-hybridized carbons (Fsp3) is 0.875. The minimum absolute atomic E-state index is 0.0141. The summed E-state index contributed by atoms with van der Waals surface area (Å²) in [7, 11) is 0. The molecule has 1 saturated heterocycles. The number of carbonyl (C=O) groups excluding carboxylic acids is 2. The van der Waals surface area contributed by atoms with Crippen LogP contribution in [0.25, 0.3) is 0 Å². The average molecular weight is 298 g/mol. The Morgan fingerprint density at radius 1 is 1.33 bits per heavy atom. The highest BCUT2D eigenvalue weighted by molar-refractivity contribution is 5.86. The second kappa shape index (κ2) is 7.14. The molecule has 0 aromatic carbocycles. The fourth-order valence-corrected chi connectivity index (χ4v) is 2.68. The number of nitrogens with one attached hydrogen (secondary N) is 1. The quantitative estimate of drug-likeness (QED) is 0.868. The van der Waals surface area contributed by atoms with Crippen molar-refractivity contribution in [3.05, 3.63) is 0 Å². The number of alkyl carbamates (subject to hydrolysis) is 1. The van der Waals surface area contributed by atoms with Crippen molar-refractivity contribution in [2.75, 3.05) is 6.54 Å². The Morgan fingerprint density at radius 3 is 2.43 bits per heavy atom. The Kier molecular flexibility index (Phi) is 6.05. The smallest absolute Gasteiger partial charge is 0.408 e. The van der Waals surface area contributed by atoms with Crippen LogP contribution in [0.5, 0.6) is 0 Å². The molecule has 2 amide bonds. The zero-order chi connectivity index (χ0) is 16.2. The second-order valence-corrected chi connectivity index (χ2v) is 7.10. The van der Waals surface area contributed by atoms with Crippen LogP contribution in [0.3, 0.4) is 0 Å². The molecule has 2 unspecified atom stereocenters. The van der Waals surface area contributed by atoms with Crippen LogP contribution in [-0.2, 0) is 9.53 Å². The van der Waals surface area contributed by atoms with Crippen LogP contribution in [0, 0.1) is 5.92 Å². The molecule has 1 aliphatic rings. The Balaban J connectivity index is 2.73. The third-order valence-electron chi connectivity index (χ3n) is 3.74. The number of amides is 2. The molecule has 0 aromatic heterocycles. The SMILES string of the molecule is CCC1CCCN1C(=O)C(NC(=O)OC(C)(C)C)C(C)C. The molecule has 0 aliphatic carbocycles. The van der Waals surface area contributed by atoms with E-state index in [0.717, 1.165) is 25.8 Å². The third-order valence-corrected chi connectivity index (χ3v) is 3.74. The molecule has 2 atom stereocenters. The zero-order valence-electron chi connectivity index (χ0n) is 14.2. The molecule has 5 nitrogen and oxygen atoms in total. The summed E-state index contributed by atoms with van der Waals surface area (Å²) < 4.78 is 5.26. The van der Waals surface area contributed by atoms with Gasteiger partial charge >= 0.3 is 6.09 Å². The highest BCUT2D eigenvalue weighted by Gasteiger charge is 2.35. The lowest BCUT2D eigenvalue weighted by Crippen LogP contribution is -2.53. The van der Waals surface area contributed by atoms with Crippen molar-refractivity contribution in [1.29, 1.82) is 0 Å². The Bertz CT molecular complexity index is 374. The standard InChI is InChI=1S/C16H30N2O3/c1-7-12-9-8-10-18(12)14(19)13(11(2)3)17-15(20)21-16(4,5)6/h11-13H,7-10H2,1-6H3,(H,17,20). The third kappa shape index (κ3) is 5.21. The van der Waals surface area contributed by atoms with Crippen LogP contribution in [0.15, 0.2) is 0 Å². The van der Waals surface area contributed by atoms with Gasteiger partial charge in [-0.3, -0.25) is 4.79 Å². The lowest BCUT2D eigenvalue weighted by molar-refractivity contribution is -0.135. The van der Waals surface area contributed by atoms with E-state index in [9.17, 15) is 9.59 Å². The van der Waals surface area contributed by atoms with Crippen LogP contribution in [0.2, 0.25) is 0 Å². The largest absolute Gasteiger partial charge is 0.444 e. The summed E-state index contributed by atoms with van der Waals surface area (Å²) in [5, 5.41) is 2.74. The number of ether oxygens (including phenoxy) is 1. The molecule has 1 heterocycles. The molecule has 1 rings (SSSR count). The maximum atomic E-state index is 12.7. The van der Waals surface area contributed by atoms with Crippen LogP contribution in [0.4, 0.5) is 4.79 Å². The lowest BCUT2D eigenvalue weighted by Gasteiger charge is -2.31. The molecule has 1 aliphatic heterocycles. The number of nitrogens with zero attached hydrogens (tertiary/aromatic N) is 1. The molecule has 122 valence electrons. The molecule has 0 spiro atoms. The summed E-state index contributed by atoms with van der Waals surface area (Å²) in [6, 6.07) is -0.216. The first-order valence-electron chi connectivity index (χ1n) is 7.95. The summed E-state index contributed by atoms with van der Waals surface area (Å²) in [6.07, 6.45) is 2.53. The van der Waals surface area contributed by atoms with E-state index in [1.807, 2.05) is 39.5 Å². The molecule has 0 radical (unpaired) electrons. The minimum Gasteiger partial charge on any atom is -0.444 e. The second-order valence-electron chi connectivity index (χ2n) is 7.10. The number of hydrogen-bond acceptors (Lipinski definition) is 3. The van der Waals surface area contributed by atoms with Crippen molar-refractivity contribution in [3.63, 3.8) is 0 Å². The van der Waals surface area contributed by atoms with Crippen LogP contribution in [-0.4, -0.2) is 41.1 Å². The summed E-state index contributed by atoms with van der Waals surface area (Å²) in [6.45, 7) is 12.2. The predicted octanol–water partition coefficient (Wildman–Crippen LogP) is 2.94. The number of hydrogen-bond donors (Lipinski definition) is 1. The van der Waals surface area contributed by atoms with Gasteiger partial charge in [0, 0.05) is 12.6 Å². The molecule has 1 fully saturated rings. The number of rotatable bonds is 4. The first-order chi connectivity index (χ1) is 9.65. The van der Waals surface area contributed by atoms with E-state index in [4.69, 9.17) is 4.74 Å². The Labute approximate surface area is 128 Å². The monoisotopic (exact) mass is 298 g/mol. The highest BCUT2D eigenvalue weighted by Crippen LogP contribution is 2.22. The number of likely N-dealkylation sites (tertiary alicyclic amines) is 1. The average Bonchev–Trinajstić information content (AvgIpc) is 2.80. The van der Waals surface area contributed by atoms with Crippen molar-refractivity contribution in [2.24, 2.45) is 5.92 Å². The van der Waals surface area contributed by atoms with Gasteiger partial charge in [-0.15, -0.1) is 0 Å². The van der Waals surface area contributed by atoms with E-state index >= 15 is 0 Å². The van der Waals surface area contributed by atoms with Crippen molar-refractivity contribution in [2.45, 2.75) is 78.5 Å². The molecule has 0 saturated carbocycles. The minimum atomic E-state index is -0.561. The van der Waals surface area contributed by atoms with E-state index < -0.39 is 17.7 Å². The fourth-order valence-electron chi connectivity index (χ4n) is 2.68. The van der Waals surface area contributed by atoms with E-state index in [-0.39, 0.29) is 11.8 Å². The summed E-state index contributed by atoms with van der Waals surface area (Å²) in [5.41, 5.74) is -0.561. The molecule has 21 heavy (non-hydrogen) atoms. The van der Waals surface area contributed by atoms with Gasteiger partial charge in [-0.2, -0.15) is 0 Å². The van der Waals surface area contributed by atoms with Gasteiger partial charge in [0.05, 0.1) is 0 Å². The van der Waals surface area contributed by atoms with E-state index in [2.05, 4.69) is 12.2 Å². The van der Waals surface area contributed by atoms with Gasteiger partial charge in [0.1, 0.15) is 11.6 Å². The van der Waals surface area contributed by atoms with E-state index in [1.54, 1.807) is 0 Å². The Morgan fingerprint density at radius 2 is 1.95 bits per heavy atom. The van der Waals surface area contributed by atoms with Gasteiger partial charge in [0.2, 0.25) is 5.91 Å². The number of carbonyl (C=O) groups is 2. The Hall–Kier alpha value is -1.26. The highest BCUT2D eigenvalue weighted by atomic mass is 16.6. The van der Waals surface area contributed by atoms with Crippen LogP contribution in [0.1, 0.15) is 60.8 Å². The van der Waals surface area contributed by atoms with Crippen molar-refractivity contribution in [1.82, 2.24) is 10.2 Å². The molecule has 1 N–H and O–H groups in total. The van der Waals surface area contributed by atoms with Crippen molar-refractivity contribution >= 4 is 12.0 Å². The van der Waals surface area contributed by atoms with Gasteiger partial charge in [-0.1, -0.05) is 20.8 Å². The molecule has 0 bridgehead atoms. The molecule has 5 heteroatoms. The normalized spacial score (nSPS) is 20.5. The molecular weight excluding hydrogens is 268 g/mol. The lowest BCUT2D eigenvalue weighted by atomic mass is 10.0. The summed E-state index contributed by atoms with van der Waals surface area (Å²) in [4.78, 5) is 26.6. The van der Waals surface area contributed by atoms with Crippen LogP contribution >= 0.6 is 0 Å². The summed E-state index contributed by atoms with van der Waals surface area (Å²) in [5.74, 6) is 0.0448. The van der Waals surface area contributed by atoms with E-state index in [1.165, 1.54) is 0 Å². The maximum Gasteiger partial charge on any atom is 0.408 e. The van der Waals surface area contributed by atoms with Crippen molar-refractivity contribution < 1.29 is 14.3 Å². The van der Waals surface area contributed by atoms with Gasteiger partial charge in [-0.05, 0) is 46.0 Å². The van der Waals surface area contributed by atoms with Gasteiger partial charge in [0.25, 0.3) is 0 Å². The van der Waals surface area contributed by atoms with Crippen LogP contribution < -0.4 is 5.32 Å². The zero-order valence-corrected chi connectivity index (χ0v) is 14.2. The first kappa shape index (κ1) is 17.8. The topological polar surface area (TPSA) is 58.6 Å². The molecule has 0 aromatic rings. The first-order valence-corrected chi connectivity index (χ1v) is 7.95. The predicted molar refractivity (Wildman–Crippen MR) is 83.0 cm³/mol. The van der Waals surface area contributed by atoms with Gasteiger partial charge in [0.15, 0.2) is 0 Å². The molecular formula is C16H30N2O3. The van der Waals surface area contributed by atoms with Gasteiger partial charge in [-0.25, -0.2) is 4.79 Å². The van der Waals surface area contributed by atoms with Crippen molar-refractivity contribution in [3.8, 4) is 0 Å². The summed E-state index contributed by atoms with van der Waals surface area (Å²) >= 11 is 0. The van der Waals surface area contributed by atoms with Gasteiger partial charge < -0.3 is 15.0 Å².